The summed E-state index contributed by atoms with van der Waals surface area (Å²) >= 11 is 0. The van der Waals surface area contributed by atoms with Gasteiger partial charge < -0.3 is 14.5 Å². The van der Waals surface area contributed by atoms with Crippen LogP contribution in [0.15, 0.2) is 48.5 Å². The van der Waals surface area contributed by atoms with Crippen molar-refractivity contribution in [3.63, 3.8) is 0 Å². The van der Waals surface area contributed by atoms with Crippen LogP contribution in [0.3, 0.4) is 0 Å². The summed E-state index contributed by atoms with van der Waals surface area (Å²) in [5, 5.41) is 0. The third kappa shape index (κ3) is 5.57. The van der Waals surface area contributed by atoms with Crippen molar-refractivity contribution in [3.8, 4) is 5.75 Å². The number of ether oxygens (including phenoxy) is 1. The fraction of sp³-hybridized carbons (Fsp3) is 0.480. The lowest BCUT2D eigenvalue weighted by Gasteiger charge is -2.38. The second-order valence-corrected chi connectivity index (χ2v) is 8.55. The van der Waals surface area contributed by atoms with Gasteiger partial charge in [0.1, 0.15) is 5.75 Å². The topological polar surface area (TPSA) is 39.3 Å². The second-order valence-electron chi connectivity index (χ2n) is 8.55. The summed E-state index contributed by atoms with van der Waals surface area (Å²) < 4.78 is 5.34. The maximum atomic E-state index is 12.9. The number of aryl methyl sites for hydroxylation is 1. The molecule has 2 fully saturated rings. The van der Waals surface area contributed by atoms with E-state index in [0.29, 0.717) is 6.54 Å². The molecule has 0 radical (unpaired) electrons. The minimum atomic E-state index is 0.269. The molecule has 0 spiro atoms. The smallest absolute Gasteiger partial charge is 0.236 e. The molecule has 0 unspecified atom stereocenters. The average molecular weight is 423 g/mol. The highest BCUT2D eigenvalue weighted by Crippen LogP contribution is 2.22. The van der Waals surface area contributed by atoms with Gasteiger partial charge in [0, 0.05) is 70.7 Å². The van der Waals surface area contributed by atoms with Gasteiger partial charge in [-0.1, -0.05) is 30.3 Å². The van der Waals surface area contributed by atoms with Crippen molar-refractivity contribution < 1.29 is 9.53 Å². The number of nitrogens with zero attached hydrogens (tertiary/aromatic N) is 4. The van der Waals surface area contributed by atoms with Gasteiger partial charge in [-0.25, -0.2) is 0 Å². The highest BCUT2D eigenvalue weighted by atomic mass is 16.5. The van der Waals surface area contributed by atoms with E-state index in [2.05, 4.69) is 58.0 Å². The Labute approximate surface area is 186 Å². The van der Waals surface area contributed by atoms with Gasteiger partial charge in [-0.2, -0.15) is 0 Å². The summed E-state index contributed by atoms with van der Waals surface area (Å²) in [6.45, 7) is 10.9. The lowest BCUT2D eigenvalue weighted by atomic mass is 10.1. The van der Waals surface area contributed by atoms with Crippen LogP contribution in [-0.2, 0) is 11.3 Å². The number of carbonyl (C=O) groups excluding carboxylic acids is 1. The molecule has 166 valence electrons. The molecule has 0 atom stereocenters. The first-order chi connectivity index (χ1) is 15.1. The van der Waals surface area contributed by atoms with E-state index in [-0.39, 0.29) is 5.91 Å². The first-order valence-electron chi connectivity index (χ1n) is 11.3. The molecule has 0 aromatic heterocycles. The zero-order valence-corrected chi connectivity index (χ0v) is 18.8. The summed E-state index contributed by atoms with van der Waals surface area (Å²) in [6, 6.07) is 16.8. The molecular weight excluding hydrogens is 388 g/mol. The van der Waals surface area contributed by atoms with Crippen LogP contribution in [0.5, 0.6) is 5.75 Å². The van der Waals surface area contributed by atoms with Crippen LogP contribution in [0.25, 0.3) is 0 Å². The first kappa shape index (κ1) is 21.7. The molecule has 0 N–H and O–H groups in total. The Morgan fingerprint density at radius 1 is 0.871 bits per heavy atom. The molecule has 6 nitrogen and oxygen atoms in total. The van der Waals surface area contributed by atoms with E-state index in [1.54, 1.807) is 7.11 Å². The molecule has 2 aliphatic rings. The SMILES string of the molecule is COc1cccc(N2CCN(CC(=O)N3CCN(Cc4ccccc4C)CC3)CC2)c1. The zero-order chi connectivity index (χ0) is 21.6. The van der Waals surface area contributed by atoms with Crippen LogP contribution in [-0.4, -0.2) is 86.6 Å². The first-order valence-corrected chi connectivity index (χ1v) is 11.3. The number of hydrogen-bond acceptors (Lipinski definition) is 5. The number of hydrogen-bond donors (Lipinski definition) is 0. The molecule has 2 aromatic carbocycles. The van der Waals surface area contributed by atoms with E-state index < -0.39 is 0 Å². The minimum Gasteiger partial charge on any atom is -0.497 e. The predicted molar refractivity (Wildman–Crippen MR) is 125 cm³/mol. The van der Waals surface area contributed by atoms with Gasteiger partial charge >= 0.3 is 0 Å². The maximum absolute atomic E-state index is 12.9. The second kappa shape index (κ2) is 10.2. The quantitative estimate of drug-likeness (QED) is 0.715. The van der Waals surface area contributed by atoms with Crippen molar-refractivity contribution in [1.82, 2.24) is 14.7 Å². The van der Waals surface area contributed by atoms with Crippen LogP contribution < -0.4 is 9.64 Å². The molecular formula is C25H34N4O2. The third-order valence-electron chi connectivity index (χ3n) is 6.53. The Morgan fingerprint density at radius 2 is 1.58 bits per heavy atom. The van der Waals surface area contributed by atoms with Crippen LogP contribution in [0.2, 0.25) is 0 Å². The van der Waals surface area contributed by atoms with Crippen LogP contribution >= 0.6 is 0 Å². The fourth-order valence-corrected chi connectivity index (χ4v) is 4.45. The molecule has 2 heterocycles. The molecule has 4 rings (SSSR count). The zero-order valence-electron chi connectivity index (χ0n) is 18.8. The Kier molecular flexibility index (Phi) is 7.10. The Morgan fingerprint density at radius 3 is 2.29 bits per heavy atom. The van der Waals surface area contributed by atoms with Gasteiger partial charge in [-0.05, 0) is 30.2 Å². The minimum absolute atomic E-state index is 0.269. The lowest BCUT2D eigenvalue weighted by molar-refractivity contribution is -0.134. The van der Waals surface area contributed by atoms with Crippen molar-refractivity contribution >= 4 is 11.6 Å². The maximum Gasteiger partial charge on any atom is 0.236 e. The fourth-order valence-electron chi connectivity index (χ4n) is 4.45. The van der Waals surface area contributed by atoms with E-state index in [4.69, 9.17) is 4.74 Å². The van der Waals surface area contributed by atoms with Crippen molar-refractivity contribution in [3.05, 3.63) is 59.7 Å². The average Bonchev–Trinajstić information content (AvgIpc) is 2.81. The van der Waals surface area contributed by atoms with Crippen LogP contribution in [0.1, 0.15) is 11.1 Å². The number of anilines is 1. The number of benzene rings is 2. The molecule has 1 amide bonds. The summed E-state index contributed by atoms with van der Waals surface area (Å²) in [4.78, 5) is 22.0. The summed E-state index contributed by atoms with van der Waals surface area (Å²) in [6.07, 6.45) is 0. The third-order valence-corrected chi connectivity index (χ3v) is 6.53. The molecule has 6 heteroatoms. The van der Waals surface area contributed by atoms with E-state index in [9.17, 15) is 4.79 Å². The molecule has 0 aliphatic carbocycles. The van der Waals surface area contributed by atoms with Crippen molar-refractivity contribution in [1.29, 1.82) is 0 Å². The van der Waals surface area contributed by atoms with E-state index in [1.807, 2.05) is 17.0 Å². The Bertz CT molecular complexity index is 871. The molecule has 2 aromatic rings. The van der Waals surface area contributed by atoms with E-state index in [0.717, 1.165) is 64.7 Å². The molecule has 2 saturated heterocycles. The summed E-state index contributed by atoms with van der Waals surface area (Å²) in [5.74, 6) is 1.15. The standard InChI is InChI=1S/C25H34N4O2/c1-21-6-3-4-7-22(21)19-26-12-16-29(17-13-26)25(30)20-27-10-14-28(15-11-27)23-8-5-9-24(18-23)31-2/h3-9,18H,10-17,19-20H2,1-2H3. The molecule has 0 bridgehead atoms. The van der Waals surface area contributed by atoms with Crippen molar-refractivity contribution in [2.45, 2.75) is 13.5 Å². The van der Waals surface area contributed by atoms with Gasteiger partial charge in [-0.15, -0.1) is 0 Å². The molecule has 0 saturated carbocycles. The summed E-state index contributed by atoms with van der Waals surface area (Å²) in [7, 11) is 1.70. The summed E-state index contributed by atoms with van der Waals surface area (Å²) in [5.41, 5.74) is 3.92. The van der Waals surface area contributed by atoms with Crippen molar-refractivity contribution in [2.24, 2.45) is 0 Å². The van der Waals surface area contributed by atoms with Crippen LogP contribution in [0, 0.1) is 6.92 Å². The predicted octanol–water partition coefficient (Wildman–Crippen LogP) is 2.47. The van der Waals surface area contributed by atoms with Gasteiger partial charge in [0.05, 0.1) is 13.7 Å². The number of methoxy groups -OCH3 is 1. The Balaban J connectivity index is 1.20. The highest BCUT2D eigenvalue weighted by molar-refractivity contribution is 5.78. The van der Waals surface area contributed by atoms with Gasteiger partial charge in [0.2, 0.25) is 5.91 Å². The number of carbonyl (C=O) groups is 1. The highest BCUT2D eigenvalue weighted by Gasteiger charge is 2.25. The van der Waals surface area contributed by atoms with E-state index in [1.165, 1.54) is 16.8 Å². The Hall–Kier alpha value is -2.57. The number of amides is 1. The van der Waals surface area contributed by atoms with Crippen LogP contribution in [0.4, 0.5) is 5.69 Å². The number of piperazine rings is 2. The largest absolute Gasteiger partial charge is 0.497 e. The van der Waals surface area contributed by atoms with E-state index >= 15 is 0 Å². The molecule has 31 heavy (non-hydrogen) atoms. The number of rotatable bonds is 6. The molecule has 2 aliphatic heterocycles. The van der Waals surface area contributed by atoms with Crippen molar-refractivity contribution in [2.75, 3.05) is 70.9 Å². The van der Waals surface area contributed by atoms with Gasteiger partial charge in [0.25, 0.3) is 0 Å². The van der Waals surface area contributed by atoms with Gasteiger partial charge in [-0.3, -0.25) is 14.6 Å². The lowest BCUT2D eigenvalue weighted by Crippen LogP contribution is -2.53. The van der Waals surface area contributed by atoms with Gasteiger partial charge in [0.15, 0.2) is 0 Å². The monoisotopic (exact) mass is 422 g/mol. The normalized spacial score (nSPS) is 18.3.